The lowest BCUT2D eigenvalue weighted by atomic mass is 10.0. The molecule has 2 aromatic rings. The van der Waals surface area contributed by atoms with Gasteiger partial charge in [-0.05, 0) is 42.9 Å². The zero-order chi connectivity index (χ0) is 24.7. The average Bonchev–Trinajstić information content (AvgIpc) is 3.48. The van der Waals surface area contributed by atoms with Gasteiger partial charge in [-0.25, -0.2) is 4.79 Å². The van der Waals surface area contributed by atoms with E-state index in [1.54, 1.807) is 6.20 Å². The van der Waals surface area contributed by atoms with Crippen molar-refractivity contribution in [2.24, 2.45) is 5.73 Å². The zero-order valence-electron chi connectivity index (χ0n) is 19.1. The van der Waals surface area contributed by atoms with Crippen molar-refractivity contribution in [1.29, 1.82) is 0 Å². The van der Waals surface area contributed by atoms with E-state index in [-0.39, 0.29) is 13.0 Å². The molecule has 184 valence electrons. The summed E-state index contributed by atoms with van der Waals surface area (Å²) in [5.74, 6) is -1.86. The van der Waals surface area contributed by atoms with E-state index in [4.69, 9.17) is 5.73 Å². The molecule has 1 aliphatic heterocycles. The summed E-state index contributed by atoms with van der Waals surface area (Å²) in [6.07, 6.45) is 5.21. The first-order chi connectivity index (χ1) is 16.3. The van der Waals surface area contributed by atoms with Gasteiger partial charge >= 0.3 is 5.97 Å². The molecule has 2 heterocycles. The van der Waals surface area contributed by atoms with E-state index in [1.807, 2.05) is 30.5 Å². The number of carbonyl (C=O) groups excluding carboxylic acids is 3. The van der Waals surface area contributed by atoms with E-state index in [0.29, 0.717) is 31.6 Å². The standard InChI is InChI=1S/C23H31N5O5S/c1-34-10-8-17(22(31)28-9-4-7-19(28)23(32)33)27-21(30)18(26-20(29)12-24)11-14-13-25-16-6-3-2-5-15(14)16/h2-3,5-6,13,17-19,25H,4,7-12,24H2,1H3,(H,26,29)(H,27,30)(H,32,33). The highest BCUT2D eigenvalue weighted by molar-refractivity contribution is 7.98. The van der Waals surface area contributed by atoms with Crippen LogP contribution in [-0.4, -0.2) is 81.9 Å². The first-order valence-electron chi connectivity index (χ1n) is 11.2. The molecule has 0 spiro atoms. The minimum Gasteiger partial charge on any atom is -0.480 e. The largest absolute Gasteiger partial charge is 0.480 e. The second-order valence-electron chi connectivity index (χ2n) is 8.26. The zero-order valence-corrected chi connectivity index (χ0v) is 19.9. The highest BCUT2D eigenvalue weighted by Crippen LogP contribution is 2.21. The highest BCUT2D eigenvalue weighted by atomic mass is 32.2. The molecule has 0 radical (unpaired) electrons. The molecule has 3 amide bonds. The van der Waals surface area contributed by atoms with E-state index < -0.39 is 41.8 Å². The maximum atomic E-state index is 13.3. The van der Waals surface area contributed by atoms with E-state index in [2.05, 4.69) is 15.6 Å². The van der Waals surface area contributed by atoms with Crippen molar-refractivity contribution < 1.29 is 24.3 Å². The van der Waals surface area contributed by atoms with Gasteiger partial charge in [0.2, 0.25) is 17.7 Å². The van der Waals surface area contributed by atoms with Gasteiger partial charge in [-0.15, -0.1) is 0 Å². The number of aromatic nitrogens is 1. The molecule has 10 nitrogen and oxygen atoms in total. The van der Waals surface area contributed by atoms with Gasteiger partial charge < -0.3 is 31.4 Å². The van der Waals surface area contributed by atoms with Crippen LogP contribution < -0.4 is 16.4 Å². The molecule has 34 heavy (non-hydrogen) atoms. The Balaban J connectivity index is 1.80. The molecule has 3 atom stereocenters. The predicted octanol–water partition coefficient (Wildman–Crippen LogP) is 0.467. The van der Waals surface area contributed by atoms with Crippen molar-refractivity contribution in [1.82, 2.24) is 20.5 Å². The molecule has 0 saturated carbocycles. The number of H-pyrrole nitrogens is 1. The molecule has 0 aliphatic carbocycles. The third-order valence-corrected chi connectivity index (χ3v) is 6.63. The first-order valence-corrected chi connectivity index (χ1v) is 12.6. The van der Waals surface area contributed by atoms with E-state index in [9.17, 15) is 24.3 Å². The Hall–Kier alpha value is -3.05. The number of carbonyl (C=O) groups is 4. The Kier molecular flexibility index (Phi) is 8.94. The van der Waals surface area contributed by atoms with Crippen LogP contribution in [0.2, 0.25) is 0 Å². The normalized spacial score (nSPS) is 17.4. The van der Waals surface area contributed by atoms with Crippen LogP contribution in [0.5, 0.6) is 0 Å². The van der Waals surface area contributed by atoms with Crippen LogP contribution in [0.3, 0.4) is 0 Å². The number of fused-ring (bicyclic) bond motifs is 1. The summed E-state index contributed by atoms with van der Waals surface area (Å²) in [7, 11) is 0. The van der Waals surface area contributed by atoms with E-state index in [0.717, 1.165) is 16.5 Å². The minimum atomic E-state index is -1.05. The number of nitrogens with two attached hydrogens (primary N) is 1. The first kappa shape index (κ1) is 25.6. The average molecular weight is 490 g/mol. The highest BCUT2D eigenvalue weighted by Gasteiger charge is 2.38. The van der Waals surface area contributed by atoms with Gasteiger partial charge in [0.25, 0.3) is 0 Å². The summed E-state index contributed by atoms with van der Waals surface area (Å²) in [6, 6.07) is 4.89. The SMILES string of the molecule is CSCCC(NC(=O)C(Cc1c[nH]c2ccccc12)NC(=O)CN)C(=O)N1CCCC1C(=O)O. The van der Waals surface area contributed by atoms with Crippen molar-refractivity contribution in [2.75, 3.05) is 25.1 Å². The molecular weight excluding hydrogens is 458 g/mol. The Bertz CT molecular complexity index is 1040. The molecule has 1 aromatic heterocycles. The summed E-state index contributed by atoms with van der Waals surface area (Å²) >= 11 is 1.52. The van der Waals surface area contributed by atoms with Crippen LogP contribution >= 0.6 is 11.8 Å². The van der Waals surface area contributed by atoms with Crippen LogP contribution in [-0.2, 0) is 25.6 Å². The number of likely N-dealkylation sites (tertiary alicyclic amines) is 1. The number of thioether (sulfide) groups is 1. The molecule has 0 bridgehead atoms. The predicted molar refractivity (Wildman–Crippen MR) is 130 cm³/mol. The number of aromatic amines is 1. The summed E-state index contributed by atoms with van der Waals surface area (Å²) < 4.78 is 0. The summed E-state index contributed by atoms with van der Waals surface area (Å²) in [5.41, 5.74) is 7.20. The van der Waals surface area contributed by atoms with Gasteiger partial charge in [-0.1, -0.05) is 18.2 Å². The Morgan fingerprint density at radius 1 is 1.24 bits per heavy atom. The fourth-order valence-corrected chi connectivity index (χ4v) is 4.71. The summed E-state index contributed by atoms with van der Waals surface area (Å²) in [4.78, 5) is 54.6. The van der Waals surface area contributed by atoms with Crippen molar-refractivity contribution in [3.8, 4) is 0 Å². The summed E-state index contributed by atoms with van der Waals surface area (Å²) in [6.45, 7) is 0.0602. The van der Waals surface area contributed by atoms with E-state index >= 15 is 0 Å². The van der Waals surface area contributed by atoms with Crippen molar-refractivity contribution >= 4 is 46.4 Å². The lowest BCUT2D eigenvalue weighted by molar-refractivity contribution is -0.149. The van der Waals surface area contributed by atoms with Crippen LogP contribution in [0, 0.1) is 0 Å². The van der Waals surface area contributed by atoms with Crippen molar-refractivity contribution in [2.45, 2.75) is 43.8 Å². The number of amides is 3. The number of rotatable bonds is 11. The van der Waals surface area contributed by atoms with Crippen molar-refractivity contribution in [3.05, 3.63) is 36.0 Å². The number of hydrogen-bond donors (Lipinski definition) is 5. The van der Waals surface area contributed by atoms with Crippen LogP contribution in [0.1, 0.15) is 24.8 Å². The lowest BCUT2D eigenvalue weighted by Crippen LogP contribution is -2.56. The topological polar surface area (TPSA) is 158 Å². The van der Waals surface area contributed by atoms with Gasteiger partial charge in [-0.2, -0.15) is 11.8 Å². The monoisotopic (exact) mass is 489 g/mol. The van der Waals surface area contributed by atoms with Crippen LogP contribution in [0.25, 0.3) is 10.9 Å². The van der Waals surface area contributed by atoms with Gasteiger partial charge in [0.05, 0.1) is 6.54 Å². The molecule has 1 aliphatic rings. The van der Waals surface area contributed by atoms with Gasteiger partial charge in [0.1, 0.15) is 18.1 Å². The maximum Gasteiger partial charge on any atom is 0.326 e. The Labute approximate surface area is 202 Å². The lowest BCUT2D eigenvalue weighted by Gasteiger charge is -2.28. The molecule has 1 saturated heterocycles. The van der Waals surface area contributed by atoms with Crippen LogP contribution in [0.15, 0.2) is 30.5 Å². The summed E-state index contributed by atoms with van der Waals surface area (Å²) in [5, 5.41) is 15.8. The van der Waals surface area contributed by atoms with Crippen LogP contribution in [0.4, 0.5) is 0 Å². The third-order valence-electron chi connectivity index (χ3n) is 5.98. The minimum absolute atomic E-state index is 0.201. The molecule has 1 aromatic carbocycles. The fourth-order valence-electron chi connectivity index (χ4n) is 4.24. The number of aliphatic carboxylic acids is 1. The Morgan fingerprint density at radius 2 is 2.00 bits per heavy atom. The molecule has 6 N–H and O–H groups in total. The Morgan fingerprint density at radius 3 is 2.71 bits per heavy atom. The van der Waals surface area contributed by atoms with E-state index in [1.165, 1.54) is 16.7 Å². The number of benzene rings is 1. The molecule has 1 fully saturated rings. The molecule has 11 heteroatoms. The number of nitrogens with zero attached hydrogens (tertiary/aromatic N) is 1. The molecular formula is C23H31N5O5S. The van der Waals surface area contributed by atoms with Gasteiger partial charge in [0.15, 0.2) is 0 Å². The van der Waals surface area contributed by atoms with Gasteiger partial charge in [-0.3, -0.25) is 14.4 Å². The fraction of sp³-hybridized carbons (Fsp3) is 0.478. The maximum absolute atomic E-state index is 13.3. The van der Waals surface area contributed by atoms with Crippen molar-refractivity contribution in [3.63, 3.8) is 0 Å². The van der Waals surface area contributed by atoms with Gasteiger partial charge in [0, 0.05) is 30.1 Å². The second kappa shape index (κ2) is 11.9. The number of nitrogens with one attached hydrogen (secondary N) is 3. The quantitative estimate of drug-likeness (QED) is 0.307. The number of para-hydroxylation sites is 1. The smallest absolute Gasteiger partial charge is 0.326 e. The number of carboxylic acid groups (broad SMARTS) is 1. The number of carboxylic acids is 1. The molecule has 3 unspecified atom stereocenters. The third kappa shape index (κ3) is 6.09. The second-order valence-corrected chi connectivity index (χ2v) is 9.24. The number of hydrogen-bond acceptors (Lipinski definition) is 6. The molecule has 3 rings (SSSR count).